The third-order valence-electron chi connectivity index (χ3n) is 3.17. The normalized spacial score (nSPS) is 11.4. The molecule has 0 spiro atoms. The molecule has 0 bridgehead atoms. The predicted molar refractivity (Wildman–Crippen MR) is 82.2 cm³/mol. The molecule has 2 N–H and O–H groups in total. The molecule has 0 aliphatic carbocycles. The summed E-state index contributed by atoms with van der Waals surface area (Å²) in [6, 6.07) is 10.2. The van der Waals surface area contributed by atoms with Gasteiger partial charge in [0.05, 0.1) is 10.6 Å². The third kappa shape index (κ3) is 3.00. The number of benzene rings is 2. The molecule has 0 fully saturated rings. The molecule has 0 aromatic heterocycles. The molecule has 0 saturated carbocycles. The first-order valence-corrected chi connectivity index (χ1v) is 7.94. The number of hydrogen-bond acceptors (Lipinski definition) is 3. The maximum Gasteiger partial charge on any atom is 0.264 e. The van der Waals surface area contributed by atoms with Gasteiger partial charge in [0.2, 0.25) is 0 Å². The van der Waals surface area contributed by atoms with E-state index in [9.17, 15) is 12.8 Å². The first-order valence-electron chi connectivity index (χ1n) is 6.50. The predicted octanol–water partition coefficient (Wildman–Crippen LogP) is 2.93. The van der Waals surface area contributed by atoms with E-state index < -0.39 is 15.8 Å². The average Bonchev–Trinajstić information content (AvgIpc) is 2.41. The van der Waals surface area contributed by atoms with Gasteiger partial charge >= 0.3 is 0 Å². The number of nitrogens with zero attached hydrogens (tertiary/aromatic N) is 1. The van der Waals surface area contributed by atoms with E-state index in [1.165, 1.54) is 16.4 Å². The molecule has 0 unspecified atom stereocenters. The van der Waals surface area contributed by atoms with Crippen LogP contribution in [0.5, 0.6) is 0 Å². The minimum atomic E-state index is -3.74. The van der Waals surface area contributed by atoms with Crippen LogP contribution in [0.4, 0.5) is 15.8 Å². The second-order valence-electron chi connectivity index (χ2n) is 4.67. The topological polar surface area (TPSA) is 63.4 Å². The summed E-state index contributed by atoms with van der Waals surface area (Å²) >= 11 is 0. The van der Waals surface area contributed by atoms with Crippen LogP contribution in [0, 0.1) is 12.7 Å². The van der Waals surface area contributed by atoms with Gasteiger partial charge in [0.15, 0.2) is 0 Å². The van der Waals surface area contributed by atoms with Gasteiger partial charge in [-0.1, -0.05) is 0 Å². The third-order valence-corrected chi connectivity index (χ3v) is 5.24. The molecule has 0 amide bonds. The molecule has 0 heterocycles. The molecular formula is C15H17FN2O2S. The maximum atomic E-state index is 13.2. The van der Waals surface area contributed by atoms with E-state index in [2.05, 4.69) is 0 Å². The van der Waals surface area contributed by atoms with Gasteiger partial charge in [0, 0.05) is 12.2 Å². The molecule has 112 valence electrons. The molecule has 6 heteroatoms. The van der Waals surface area contributed by atoms with E-state index in [4.69, 9.17) is 5.73 Å². The lowest BCUT2D eigenvalue weighted by molar-refractivity contribution is 0.589. The lowest BCUT2D eigenvalue weighted by atomic mass is 10.2. The van der Waals surface area contributed by atoms with Gasteiger partial charge in [-0.3, -0.25) is 4.31 Å². The number of anilines is 2. The Labute approximate surface area is 124 Å². The number of aryl methyl sites for hydroxylation is 1. The van der Waals surface area contributed by atoms with Crippen molar-refractivity contribution in [3.8, 4) is 0 Å². The summed E-state index contributed by atoms with van der Waals surface area (Å²) in [5.41, 5.74) is 7.08. The number of nitrogens with two attached hydrogens (primary N) is 1. The highest BCUT2D eigenvalue weighted by atomic mass is 32.2. The van der Waals surface area contributed by atoms with Crippen LogP contribution in [0.15, 0.2) is 47.4 Å². The number of halogens is 1. The minimum absolute atomic E-state index is 0.0996. The van der Waals surface area contributed by atoms with Crippen molar-refractivity contribution in [1.29, 1.82) is 0 Å². The van der Waals surface area contributed by atoms with Gasteiger partial charge in [-0.15, -0.1) is 0 Å². The monoisotopic (exact) mass is 308 g/mol. The van der Waals surface area contributed by atoms with E-state index in [1.807, 2.05) is 0 Å². The van der Waals surface area contributed by atoms with Crippen molar-refractivity contribution in [3.05, 3.63) is 53.8 Å². The fourth-order valence-electron chi connectivity index (χ4n) is 2.15. The van der Waals surface area contributed by atoms with Crippen molar-refractivity contribution >= 4 is 21.4 Å². The Bertz CT molecular complexity index is 743. The van der Waals surface area contributed by atoms with Crippen LogP contribution in [-0.4, -0.2) is 15.0 Å². The molecule has 2 rings (SSSR count). The van der Waals surface area contributed by atoms with Gasteiger partial charge < -0.3 is 5.73 Å². The molecular weight excluding hydrogens is 291 g/mol. The zero-order valence-corrected chi connectivity index (χ0v) is 12.7. The van der Waals surface area contributed by atoms with Gasteiger partial charge in [0.1, 0.15) is 5.82 Å². The second kappa shape index (κ2) is 5.73. The summed E-state index contributed by atoms with van der Waals surface area (Å²) < 4.78 is 39.9. The molecule has 0 saturated heterocycles. The highest BCUT2D eigenvalue weighted by molar-refractivity contribution is 7.92. The Morgan fingerprint density at radius 2 is 1.76 bits per heavy atom. The summed E-state index contributed by atoms with van der Waals surface area (Å²) in [6.07, 6.45) is 0. The number of rotatable bonds is 4. The molecule has 0 aliphatic rings. The molecule has 2 aromatic carbocycles. The summed E-state index contributed by atoms with van der Waals surface area (Å²) in [4.78, 5) is 0.0996. The molecule has 2 aromatic rings. The van der Waals surface area contributed by atoms with Crippen LogP contribution in [0.2, 0.25) is 0 Å². The van der Waals surface area contributed by atoms with Crippen molar-refractivity contribution in [2.45, 2.75) is 18.7 Å². The first-order chi connectivity index (χ1) is 9.86. The van der Waals surface area contributed by atoms with Crippen molar-refractivity contribution < 1.29 is 12.8 Å². The number of nitrogen functional groups attached to an aromatic ring is 1. The van der Waals surface area contributed by atoms with Crippen LogP contribution in [0.1, 0.15) is 12.5 Å². The van der Waals surface area contributed by atoms with E-state index in [0.29, 0.717) is 16.9 Å². The first kappa shape index (κ1) is 15.3. The van der Waals surface area contributed by atoms with Crippen LogP contribution in [0.3, 0.4) is 0 Å². The van der Waals surface area contributed by atoms with Crippen LogP contribution >= 0.6 is 0 Å². The Kier molecular flexibility index (Phi) is 4.18. The Balaban J connectivity index is 2.51. The zero-order valence-electron chi connectivity index (χ0n) is 11.9. The Morgan fingerprint density at radius 1 is 1.14 bits per heavy atom. The summed E-state index contributed by atoms with van der Waals surface area (Å²) in [5, 5.41) is 0. The number of sulfonamides is 1. The SMILES string of the molecule is CCN(c1ccc(N)cc1)S(=O)(=O)c1ccc(F)cc1C. The van der Waals surface area contributed by atoms with Crippen LogP contribution in [0.25, 0.3) is 0 Å². The second-order valence-corrected chi connectivity index (χ2v) is 6.50. The average molecular weight is 308 g/mol. The van der Waals surface area contributed by atoms with E-state index in [0.717, 1.165) is 6.07 Å². The lowest BCUT2D eigenvalue weighted by Crippen LogP contribution is -2.31. The maximum absolute atomic E-state index is 13.2. The van der Waals surface area contributed by atoms with E-state index >= 15 is 0 Å². The largest absolute Gasteiger partial charge is 0.399 e. The summed E-state index contributed by atoms with van der Waals surface area (Å²) in [5.74, 6) is -0.456. The zero-order chi connectivity index (χ0) is 15.6. The van der Waals surface area contributed by atoms with E-state index in [1.54, 1.807) is 38.1 Å². The minimum Gasteiger partial charge on any atom is -0.399 e. The van der Waals surface area contributed by atoms with Crippen molar-refractivity contribution in [3.63, 3.8) is 0 Å². The molecule has 0 radical (unpaired) electrons. The van der Waals surface area contributed by atoms with Crippen molar-refractivity contribution in [2.75, 3.05) is 16.6 Å². The van der Waals surface area contributed by atoms with Gasteiger partial charge in [-0.2, -0.15) is 0 Å². The van der Waals surface area contributed by atoms with Gasteiger partial charge in [-0.05, 0) is 61.9 Å². The molecule has 0 aliphatic heterocycles. The van der Waals surface area contributed by atoms with Crippen molar-refractivity contribution in [1.82, 2.24) is 0 Å². The highest BCUT2D eigenvalue weighted by Gasteiger charge is 2.25. The fourth-order valence-corrected chi connectivity index (χ4v) is 3.84. The van der Waals surface area contributed by atoms with Crippen molar-refractivity contribution in [2.24, 2.45) is 0 Å². The van der Waals surface area contributed by atoms with Crippen LogP contribution < -0.4 is 10.0 Å². The fraction of sp³-hybridized carbons (Fsp3) is 0.200. The summed E-state index contributed by atoms with van der Waals surface area (Å²) in [6.45, 7) is 3.59. The Hall–Kier alpha value is -2.08. The van der Waals surface area contributed by atoms with Crippen LogP contribution in [-0.2, 0) is 10.0 Å². The Morgan fingerprint density at radius 3 is 2.29 bits per heavy atom. The quantitative estimate of drug-likeness (QED) is 0.883. The van der Waals surface area contributed by atoms with E-state index in [-0.39, 0.29) is 11.4 Å². The smallest absolute Gasteiger partial charge is 0.264 e. The molecule has 0 atom stereocenters. The molecule has 21 heavy (non-hydrogen) atoms. The van der Waals surface area contributed by atoms with Gasteiger partial charge in [-0.25, -0.2) is 12.8 Å². The molecule has 4 nitrogen and oxygen atoms in total. The summed E-state index contributed by atoms with van der Waals surface area (Å²) in [7, 11) is -3.74. The lowest BCUT2D eigenvalue weighted by Gasteiger charge is -2.24. The highest BCUT2D eigenvalue weighted by Crippen LogP contribution is 2.26. The number of hydrogen-bond donors (Lipinski definition) is 1. The van der Waals surface area contributed by atoms with Gasteiger partial charge in [0.25, 0.3) is 10.0 Å². The standard InChI is InChI=1S/C15H17FN2O2S/c1-3-18(14-7-5-13(17)6-8-14)21(19,20)15-9-4-12(16)10-11(15)2/h4-10H,3,17H2,1-2H3.